The van der Waals surface area contributed by atoms with Crippen LogP contribution in [0.4, 0.5) is 0 Å². The Morgan fingerprint density at radius 3 is 1.64 bits per heavy atom. The number of hydrogen-bond acceptors (Lipinski definition) is 0. The molecule has 0 unspecified atom stereocenters. The summed E-state index contributed by atoms with van der Waals surface area (Å²) in [5.41, 5.74) is 20.2. The van der Waals surface area contributed by atoms with E-state index in [0.29, 0.717) is 0 Å². The van der Waals surface area contributed by atoms with E-state index in [1.54, 1.807) is 0 Å². The first-order valence-electron chi connectivity index (χ1n) is 22.2. The van der Waals surface area contributed by atoms with Crippen LogP contribution >= 0.6 is 0 Å². The lowest BCUT2D eigenvalue weighted by Gasteiger charge is -2.34. The minimum Gasteiger partial charge on any atom is -0.309 e. The van der Waals surface area contributed by atoms with Crippen LogP contribution in [0, 0.1) is 0 Å². The van der Waals surface area contributed by atoms with E-state index in [2.05, 4.69) is 265 Å². The van der Waals surface area contributed by atoms with Gasteiger partial charge in [0, 0.05) is 16.5 Å². The number of hydrogen-bond donors (Lipinski definition) is 0. The maximum absolute atomic E-state index is 2.48. The van der Waals surface area contributed by atoms with Crippen molar-refractivity contribution in [2.75, 3.05) is 0 Å². The fourth-order valence-electron chi connectivity index (χ4n) is 10.4. The molecule has 0 spiro atoms. The number of aromatic nitrogens is 1. The maximum Gasteiger partial charge on any atom is 0.0713 e. The van der Waals surface area contributed by atoms with E-state index in [1.807, 2.05) is 0 Å². The first-order valence-corrected chi connectivity index (χ1v) is 22.2. The Kier molecular flexibility index (Phi) is 9.13. The van der Waals surface area contributed by atoms with Crippen molar-refractivity contribution in [2.24, 2.45) is 0 Å². The third-order valence-corrected chi connectivity index (χ3v) is 13.3. The van der Waals surface area contributed by atoms with Crippen LogP contribution < -0.4 is 0 Å². The number of fused-ring (bicyclic) bond motifs is 6. The third kappa shape index (κ3) is 6.16. The topological polar surface area (TPSA) is 4.93 Å². The highest BCUT2D eigenvalue weighted by atomic mass is 15.0. The SMILES string of the molecule is C(=C(/c1cccc(-c2ccc3c4ccccc4n(-c4ccccc4)c3c2)c1)c1ccc2c(c1)C(c1ccccc1)(c1ccccc1)c1ccccc1-2)/c1ccc(-c2ccccc2)cc1. The van der Waals surface area contributed by atoms with Gasteiger partial charge in [-0.15, -0.1) is 0 Å². The van der Waals surface area contributed by atoms with E-state index >= 15 is 0 Å². The second-order valence-corrected chi connectivity index (χ2v) is 16.8. The van der Waals surface area contributed by atoms with E-state index in [1.165, 1.54) is 88.6 Å². The van der Waals surface area contributed by atoms with Crippen LogP contribution in [-0.2, 0) is 5.41 Å². The molecule has 0 saturated carbocycles. The quantitative estimate of drug-likeness (QED) is 0.135. The molecule has 300 valence electrons. The molecule has 1 heteroatoms. The zero-order valence-electron chi connectivity index (χ0n) is 35.3. The van der Waals surface area contributed by atoms with Crippen LogP contribution in [0.25, 0.3) is 72.5 Å². The first-order chi connectivity index (χ1) is 31.7. The summed E-state index contributed by atoms with van der Waals surface area (Å²) < 4.78 is 2.40. The standard InChI is InChI=1S/C63H43N/c1-5-18-45(19-6-1)46-34-32-44(33-35-46)40-58(49-21-17-20-47(41-49)48-36-39-57-56-29-14-16-31-61(56)64(62(57)43-48)53-26-11-4-12-27-53)50-37-38-55-54-28-13-15-30-59(54)63(60(55)42-50,51-22-7-2-8-23-51)52-24-9-3-10-25-52/h1-43H/b58-40+. The molecule has 1 aromatic heterocycles. The van der Waals surface area contributed by atoms with Crippen molar-refractivity contribution in [3.8, 4) is 39.1 Å². The highest BCUT2D eigenvalue weighted by Gasteiger charge is 2.46. The summed E-state index contributed by atoms with van der Waals surface area (Å²) in [5.74, 6) is 0. The van der Waals surface area contributed by atoms with Crippen molar-refractivity contribution in [1.82, 2.24) is 4.57 Å². The molecule has 12 rings (SSSR count). The fraction of sp³-hybridized carbons (Fsp3) is 0.0159. The average molecular weight is 814 g/mol. The molecule has 0 bridgehead atoms. The molecule has 10 aromatic carbocycles. The Bertz CT molecular complexity index is 3470. The molecule has 11 aromatic rings. The Balaban J connectivity index is 1.06. The van der Waals surface area contributed by atoms with Crippen molar-refractivity contribution in [1.29, 1.82) is 0 Å². The maximum atomic E-state index is 2.48. The highest BCUT2D eigenvalue weighted by molar-refractivity contribution is 6.10. The molecule has 1 nitrogen and oxygen atoms in total. The predicted molar refractivity (Wildman–Crippen MR) is 269 cm³/mol. The number of rotatable bonds is 8. The molecule has 1 aliphatic rings. The van der Waals surface area contributed by atoms with Crippen molar-refractivity contribution in [3.05, 3.63) is 294 Å². The van der Waals surface area contributed by atoms with Crippen molar-refractivity contribution >= 4 is 33.5 Å². The average Bonchev–Trinajstić information content (AvgIpc) is 3.87. The second kappa shape index (κ2) is 15.6. The van der Waals surface area contributed by atoms with Crippen molar-refractivity contribution in [3.63, 3.8) is 0 Å². The Morgan fingerprint density at radius 2 is 0.891 bits per heavy atom. The Hall–Kier alpha value is -8.26. The Morgan fingerprint density at radius 1 is 0.344 bits per heavy atom. The summed E-state index contributed by atoms with van der Waals surface area (Å²) in [4.78, 5) is 0. The highest BCUT2D eigenvalue weighted by Crippen LogP contribution is 2.56. The molecule has 1 heterocycles. The molecule has 1 aliphatic carbocycles. The summed E-state index contributed by atoms with van der Waals surface area (Å²) in [7, 11) is 0. The third-order valence-electron chi connectivity index (χ3n) is 13.3. The minimum absolute atomic E-state index is 0.499. The molecule has 0 radical (unpaired) electrons. The lowest BCUT2D eigenvalue weighted by atomic mass is 9.67. The lowest BCUT2D eigenvalue weighted by Crippen LogP contribution is -2.28. The van der Waals surface area contributed by atoms with E-state index in [0.717, 1.165) is 16.8 Å². The van der Waals surface area contributed by atoms with Crippen LogP contribution in [0.5, 0.6) is 0 Å². The van der Waals surface area contributed by atoms with Gasteiger partial charge in [-0.1, -0.05) is 218 Å². The number of nitrogens with zero attached hydrogens (tertiary/aromatic N) is 1. The lowest BCUT2D eigenvalue weighted by molar-refractivity contribution is 0.768. The number of benzene rings is 10. The van der Waals surface area contributed by atoms with Gasteiger partial charge in [-0.05, 0) is 120 Å². The summed E-state index contributed by atoms with van der Waals surface area (Å²) in [5, 5.41) is 2.50. The van der Waals surface area contributed by atoms with Crippen LogP contribution in [0.2, 0.25) is 0 Å². The van der Waals surface area contributed by atoms with Gasteiger partial charge >= 0.3 is 0 Å². The molecule has 0 amide bonds. The molecular weight excluding hydrogens is 771 g/mol. The van der Waals surface area contributed by atoms with Gasteiger partial charge in [0.05, 0.1) is 16.4 Å². The Labute approximate surface area is 374 Å². The van der Waals surface area contributed by atoms with Gasteiger partial charge in [-0.25, -0.2) is 0 Å². The zero-order valence-corrected chi connectivity index (χ0v) is 35.3. The smallest absolute Gasteiger partial charge is 0.0713 e. The normalized spacial score (nSPS) is 12.9. The van der Waals surface area contributed by atoms with E-state index in [-0.39, 0.29) is 0 Å². The summed E-state index contributed by atoms with van der Waals surface area (Å²) in [6.07, 6.45) is 2.38. The molecular formula is C63H43N. The molecule has 0 aliphatic heterocycles. The van der Waals surface area contributed by atoms with Crippen LogP contribution in [-0.4, -0.2) is 4.57 Å². The van der Waals surface area contributed by atoms with Gasteiger partial charge in [-0.3, -0.25) is 0 Å². The fourth-order valence-corrected chi connectivity index (χ4v) is 10.4. The zero-order chi connectivity index (χ0) is 42.5. The predicted octanol–water partition coefficient (Wildman–Crippen LogP) is 16.1. The van der Waals surface area contributed by atoms with Gasteiger partial charge in [-0.2, -0.15) is 0 Å². The molecule has 0 N–H and O–H groups in total. The first kappa shape index (κ1) is 37.5. The van der Waals surface area contributed by atoms with Gasteiger partial charge < -0.3 is 4.57 Å². The van der Waals surface area contributed by atoms with Gasteiger partial charge in [0.2, 0.25) is 0 Å². The second-order valence-electron chi connectivity index (χ2n) is 16.8. The van der Waals surface area contributed by atoms with Gasteiger partial charge in [0.1, 0.15) is 0 Å². The molecule has 64 heavy (non-hydrogen) atoms. The van der Waals surface area contributed by atoms with Crippen LogP contribution in [0.15, 0.2) is 255 Å². The van der Waals surface area contributed by atoms with Crippen LogP contribution in [0.3, 0.4) is 0 Å². The van der Waals surface area contributed by atoms with E-state index in [9.17, 15) is 0 Å². The van der Waals surface area contributed by atoms with Crippen molar-refractivity contribution < 1.29 is 0 Å². The largest absolute Gasteiger partial charge is 0.309 e. The molecule has 0 fully saturated rings. The summed E-state index contributed by atoms with van der Waals surface area (Å²) in [6, 6.07) is 93.5. The minimum atomic E-state index is -0.499. The number of para-hydroxylation sites is 2. The summed E-state index contributed by atoms with van der Waals surface area (Å²) in [6.45, 7) is 0. The van der Waals surface area contributed by atoms with E-state index < -0.39 is 5.41 Å². The van der Waals surface area contributed by atoms with Gasteiger partial charge in [0.25, 0.3) is 0 Å². The van der Waals surface area contributed by atoms with Crippen molar-refractivity contribution in [2.45, 2.75) is 5.41 Å². The monoisotopic (exact) mass is 813 g/mol. The molecule has 0 atom stereocenters. The summed E-state index contributed by atoms with van der Waals surface area (Å²) >= 11 is 0. The van der Waals surface area contributed by atoms with Gasteiger partial charge in [0.15, 0.2) is 0 Å². The van der Waals surface area contributed by atoms with E-state index in [4.69, 9.17) is 0 Å². The molecule has 0 saturated heterocycles. The van der Waals surface area contributed by atoms with Crippen LogP contribution in [0.1, 0.15) is 38.9 Å².